The summed E-state index contributed by atoms with van der Waals surface area (Å²) in [6.45, 7) is 2.05. The number of imidazole rings is 1. The van der Waals surface area contributed by atoms with Gasteiger partial charge in [-0.25, -0.2) is 14.1 Å². The quantitative estimate of drug-likeness (QED) is 0.773. The summed E-state index contributed by atoms with van der Waals surface area (Å²) < 4.78 is 21.6. The van der Waals surface area contributed by atoms with Crippen molar-refractivity contribution in [3.63, 3.8) is 0 Å². The molecule has 0 atom stereocenters. The monoisotopic (exact) mass is 363 g/mol. The topological polar surface area (TPSA) is 59.0 Å². The van der Waals surface area contributed by atoms with Crippen LogP contribution in [0.1, 0.15) is 18.9 Å². The molecule has 1 aromatic carbocycles. The van der Waals surface area contributed by atoms with Gasteiger partial charge in [-0.05, 0) is 45.1 Å². The predicted molar refractivity (Wildman–Crippen MR) is 94.6 cm³/mol. The number of nitrogens with zero attached hydrogens (tertiary/aromatic N) is 4. The van der Waals surface area contributed by atoms with Gasteiger partial charge >= 0.3 is 0 Å². The van der Waals surface area contributed by atoms with Gasteiger partial charge < -0.3 is 14.6 Å². The van der Waals surface area contributed by atoms with E-state index in [9.17, 15) is 4.39 Å². The molecule has 1 aliphatic rings. The zero-order valence-electron chi connectivity index (χ0n) is 14.1. The third kappa shape index (κ3) is 2.77. The number of benzene rings is 1. The van der Waals surface area contributed by atoms with E-state index in [0.717, 1.165) is 37.1 Å². The lowest BCUT2D eigenvalue weighted by atomic mass is 10.1. The molecule has 0 saturated carbocycles. The Kier molecular flexibility index (Phi) is 4.13. The molecule has 0 aliphatic carbocycles. The molecule has 2 aromatic heterocycles. The van der Waals surface area contributed by atoms with Gasteiger partial charge in [-0.3, -0.25) is 0 Å². The minimum atomic E-state index is -0.523. The number of likely N-dealkylation sites (tertiary alicyclic amines) is 1. The molecule has 1 saturated heterocycles. The Balaban J connectivity index is 1.76. The summed E-state index contributed by atoms with van der Waals surface area (Å²) in [4.78, 5) is 10.0. The van der Waals surface area contributed by atoms with Crippen molar-refractivity contribution in [2.24, 2.45) is 0 Å². The summed E-state index contributed by atoms with van der Waals surface area (Å²) in [7, 11) is 3.54. The van der Waals surface area contributed by atoms with Crippen molar-refractivity contribution in [2.45, 2.75) is 18.9 Å². The maximum atomic E-state index is 14.7. The SMILES string of the molecule is COc1ccc(Cl)c(-c2nc3c(cnn3C3CCN(C)CC3)[nH]2)c1F. The number of rotatable bonds is 3. The number of hydrogen-bond acceptors (Lipinski definition) is 4. The van der Waals surface area contributed by atoms with Crippen molar-refractivity contribution < 1.29 is 9.13 Å². The van der Waals surface area contributed by atoms with Crippen LogP contribution < -0.4 is 4.74 Å². The molecule has 6 nitrogen and oxygen atoms in total. The van der Waals surface area contributed by atoms with Crippen LogP contribution in [0.4, 0.5) is 4.39 Å². The van der Waals surface area contributed by atoms with Gasteiger partial charge in [0.25, 0.3) is 0 Å². The van der Waals surface area contributed by atoms with Crippen molar-refractivity contribution in [3.05, 3.63) is 29.2 Å². The van der Waals surface area contributed by atoms with Crippen LogP contribution in [0.15, 0.2) is 18.3 Å². The van der Waals surface area contributed by atoms with Crippen LogP contribution >= 0.6 is 11.6 Å². The average molecular weight is 364 g/mol. The number of aromatic amines is 1. The van der Waals surface area contributed by atoms with Crippen LogP contribution in [0.2, 0.25) is 5.02 Å². The molecule has 132 valence electrons. The van der Waals surface area contributed by atoms with Crippen molar-refractivity contribution in [1.29, 1.82) is 0 Å². The van der Waals surface area contributed by atoms with Gasteiger partial charge in [0.2, 0.25) is 0 Å². The van der Waals surface area contributed by atoms with E-state index < -0.39 is 5.82 Å². The Morgan fingerprint density at radius 1 is 1.32 bits per heavy atom. The number of piperidine rings is 1. The van der Waals surface area contributed by atoms with Crippen LogP contribution in [0, 0.1) is 5.82 Å². The average Bonchev–Trinajstić information content (AvgIpc) is 3.17. The van der Waals surface area contributed by atoms with E-state index in [-0.39, 0.29) is 16.3 Å². The lowest BCUT2D eigenvalue weighted by Crippen LogP contribution is -2.31. The van der Waals surface area contributed by atoms with Crippen LogP contribution in [-0.2, 0) is 0 Å². The first-order valence-corrected chi connectivity index (χ1v) is 8.60. The zero-order chi connectivity index (χ0) is 17.6. The highest BCUT2D eigenvalue weighted by atomic mass is 35.5. The normalized spacial score (nSPS) is 16.6. The summed E-state index contributed by atoms with van der Waals surface area (Å²) >= 11 is 6.21. The molecule has 25 heavy (non-hydrogen) atoms. The highest BCUT2D eigenvalue weighted by Gasteiger charge is 2.24. The van der Waals surface area contributed by atoms with Gasteiger partial charge in [0.1, 0.15) is 11.3 Å². The van der Waals surface area contributed by atoms with Gasteiger partial charge in [-0.1, -0.05) is 11.6 Å². The molecule has 0 amide bonds. The maximum absolute atomic E-state index is 14.7. The fraction of sp³-hybridized carbons (Fsp3) is 0.412. The number of hydrogen-bond donors (Lipinski definition) is 1. The molecule has 3 heterocycles. The molecule has 0 radical (unpaired) electrons. The van der Waals surface area contributed by atoms with Crippen LogP contribution in [-0.4, -0.2) is 51.9 Å². The number of H-pyrrole nitrogens is 1. The molecule has 0 bridgehead atoms. The molecule has 0 spiro atoms. The van der Waals surface area contributed by atoms with Crippen molar-refractivity contribution in [2.75, 3.05) is 27.2 Å². The molecule has 3 aromatic rings. The molecular weight excluding hydrogens is 345 g/mol. The number of halogens is 2. The minimum Gasteiger partial charge on any atom is -0.494 e. The molecule has 8 heteroatoms. The Hall–Kier alpha value is -2.12. The van der Waals surface area contributed by atoms with E-state index in [1.54, 1.807) is 12.3 Å². The number of aromatic nitrogens is 4. The van der Waals surface area contributed by atoms with E-state index in [1.165, 1.54) is 13.2 Å². The van der Waals surface area contributed by atoms with E-state index in [0.29, 0.717) is 11.9 Å². The maximum Gasteiger partial charge on any atom is 0.177 e. The van der Waals surface area contributed by atoms with Crippen LogP contribution in [0.3, 0.4) is 0 Å². The standard InChI is InChI=1S/C17H19ClFN5O/c1-23-7-5-10(6-8-23)24-17-12(9-20-24)21-16(22-17)14-11(18)3-4-13(25-2)15(14)19/h3-4,9-10H,5-8H2,1-2H3,(H,21,22). The van der Waals surface area contributed by atoms with Crippen molar-refractivity contribution >= 4 is 22.8 Å². The zero-order valence-corrected chi connectivity index (χ0v) is 14.8. The van der Waals surface area contributed by atoms with Crippen molar-refractivity contribution in [3.8, 4) is 17.1 Å². The molecular formula is C17H19ClFN5O. The summed E-state index contributed by atoms with van der Waals surface area (Å²) in [5, 5.41) is 4.76. The number of nitrogens with one attached hydrogen (secondary N) is 1. The molecule has 0 unspecified atom stereocenters. The van der Waals surface area contributed by atoms with Crippen molar-refractivity contribution in [1.82, 2.24) is 24.6 Å². The molecule has 1 fully saturated rings. The van der Waals surface area contributed by atoms with E-state index in [2.05, 4.69) is 27.0 Å². The minimum absolute atomic E-state index is 0.136. The third-order valence-corrected chi connectivity index (χ3v) is 5.10. The lowest BCUT2D eigenvalue weighted by Gasteiger charge is -2.28. The number of fused-ring (bicyclic) bond motifs is 1. The summed E-state index contributed by atoms with van der Waals surface area (Å²) in [6, 6.07) is 3.41. The van der Waals surface area contributed by atoms with Gasteiger partial charge in [-0.2, -0.15) is 5.10 Å². The highest BCUT2D eigenvalue weighted by molar-refractivity contribution is 6.33. The lowest BCUT2D eigenvalue weighted by molar-refractivity contribution is 0.215. The van der Waals surface area contributed by atoms with Gasteiger partial charge in [0, 0.05) is 0 Å². The Morgan fingerprint density at radius 2 is 2.08 bits per heavy atom. The third-order valence-electron chi connectivity index (χ3n) is 4.79. The summed E-state index contributed by atoms with van der Waals surface area (Å²) in [5.74, 6) is -0.00233. The Morgan fingerprint density at radius 3 is 2.80 bits per heavy atom. The smallest absolute Gasteiger partial charge is 0.177 e. The van der Waals surface area contributed by atoms with Crippen LogP contribution in [0.5, 0.6) is 5.75 Å². The first-order valence-electron chi connectivity index (χ1n) is 8.22. The second-order valence-electron chi connectivity index (χ2n) is 6.38. The first-order chi connectivity index (χ1) is 12.1. The fourth-order valence-electron chi connectivity index (χ4n) is 3.35. The van der Waals surface area contributed by atoms with Gasteiger partial charge in [0.15, 0.2) is 17.2 Å². The largest absolute Gasteiger partial charge is 0.494 e. The second-order valence-corrected chi connectivity index (χ2v) is 6.79. The second kappa shape index (κ2) is 6.31. The Labute approximate surface area is 149 Å². The first kappa shape index (κ1) is 16.4. The highest BCUT2D eigenvalue weighted by Crippen LogP contribution is 2.35. The van der Waals surface area contributed by atoms with E-state index in [4.69, 9.17) is 16.3 Å². The summed E-state index contributed by atoms with van der Waals surface area (Å²) in [6.07, 6.45) is 3.77. The molecule has 4 rings (SSSR count). The van der Waals surface area contributed by atoms with E-state index >= 15 is 0 Å². The summed E-state index contributed by atoms with van der Waals surface area (Å²) in [5.41, 5.74) is 1.71. The van der Waals surface area contributed by atoms with Crippen LogP contribution in [0.25, 0.3) is 22.6 Å². The number of ether oxygens (including phenoxy) is 1. The molecule has 1 aliphatic heterocycles. The van der Waals surface area contributed by atoms with Gasteiger partial charge in [-0.15, -0.1) is 0 Å². The fourth-order valence-corrected chi connectivity index (χ4v) is 3.59. The van der Waals surface area contributed by atoms with E-state index in [1.807, 2.05) is 4.68 Å². The molecule has 1 N–H and O–H groups in total. The van der Waals surface area contributed by atoms with Gasteiger partial charge in [0.05, 0.1) is 29.9 Å². The number of methoxy groups -OCH3 is 1. The predicted octanol–water partition coefficient (Wildman–Crippen LogP) is 3.49. The Bertz CT molecular complexity index is 913.